The molecule has 148 valence electrons. The topological polar surface area (TPSA) is 120 Å². The van der Waals surface area contributed by atoms with E-state index in [0.29, 0.717) is 12.2 Å². The zero-order valence-electron chi connectivity index (χ0n) is 16.8. The summed E-state index contributed by atoms with van der Waals surface area (Å²) in [6, 6.07) is 3.93. The predicted octanol–water partition coefficient (Wildman–Crippen LogP) is 4.17. The van der Waals surface area contributed by atoms with Crippen LogP contribution >= 0.6 is 0 Å². The van der Waals surface area contributed by atoms with Gasteiger partial charge in [-0.2, -0.15) is 0 Å². The van der Waals surface area contributed by atoms with E-state index in [4.69, 9.17) is 21.3 Å². The number of aryl methyl sites for hydroxylation is 1. The Morgan fingerprint density at radius 3 is 1.96 bits per heavy atom. The van der Waals surface area contributed by atoms with Crippen molar-refractivity contribution in [1.82, 2.24) is 0 Å². The Balaban J connectivity index is 0.000000468. The number of phenolic OH excluding ortho intramolecular Hbond substituents is 1. The monoisotopic (exact) mass is 373 g/mol. The highest BCUT2D eigenvalue weighted by Gasteiger charge is 2.20. The Hall–Kier alpha value is -2.89. The molecule has 0 spiro atoms. The molecule has 0 saturated heterocycles. The lowest BCUT2D eigenvalue weighted by molar-refractivity contribution is -0.126. The lowest BCUT2D eigenvalue weighted by Crippen LogP contribution is -2.12. The molecule has 0 bridgehead atoms. The van der Waals surface area contributed by atoms with Gasteiger partial charge in [0, 0.05) is 5.56 Å². The van der Waals surface area contributed by atoms with Crippen molar-refractivity contribution in [3.63, 3.8) is 0 Å². The van der Waals surface area contributed by atoms with Gasteiger partial charge in [0.2, 0.25) is 0 Å². The third-order valence-electron chi connectivity index (χ3n) is 3.57. The predicted molar refractivity (Wildman–Crippen MR) is 112 cm³/mol. The highest BCUT2D eigenvalue weighted by molar-refractivity contribution is 6.48. The number of nitrogens with one attached hydrogen (secondary N) is 2. The van der Waals surface area contributed by atoms with E-state index in [2.05, 4.69) is 38.5 Å². The number of carbonyl (C=O) groups excluding carboxylic acids is 1. The number of allylic oxidation sites excluding steroid dienone is 4. The van der Waals surface area contributed by atoms with Crippen molar-refractivity contribution >= 4 is 23.6 Å². The Morgan fingerprint density at radius 2 is 1.63 bits per heavy atom. The van der Waals surface area contributed by atoms with Crippen LogP contribution < -0.4 is 5.73 Å². The molecule has 0 aromatic heterocycles. The van der Waals surface area contributed by atoms with Crippen molar-refractivity contribution in [1.29, 1.82) is 10.8 Å². The first-order chi connectivity index (χ1) is 12.6. The van der Waals surface area contributed by atoms with E-state index in [1.165, 1.54) is 12.7 Å². The van der Waals surface area contributed by atoms with E-state index in [9.17, 15) is 5.11 Å². The molecule has 2 rings (SSSR count). The van der Waals surface area contributed by atoms with E-state index in [1.54, 1.807) is 24.3 Å². The van der Waals surface area contributed by atoms with Gasteiger partial charge in [-0.15, -0.1) is 0 Å². The highest BCUT2D eigenvalue weighted by atomic mass is 16.5. The van der Waals surface area contributed by atoms with Crippen LogP contribution in [-0.4, -0.2) is 30.1 Å². The summed E-state index contributed by atoms with van der Waals surface area (Å²) in [4.78, 5) is 8.95. The summed E-state index contributed by atoms with van der Waals surface area (Å²) < 4.78 is 3.86. The van der Waals surface area contributed by atoms with Crippen LogP contribution in [-0.2, 0) is 21.4 Å². The Labute approximate surface area is 161 Å². The molecule has 1 aromatic carbocycles. The first-order valence-corrected chi connectivity index (χ1v) is 8.68. The van der Waals surface area contributed by atoms with Crippen molar-refractivity contribution in [3.8, 4) is 5.75 Å². The van der Waals surface area contributed by atoms with Gasteiger partial charge in [0.25, 0.3) is 6.47 Å². The second-order valence-electron chi connectivity index (χ2n) is 6.96. The number of nitrogen functional groups attached to an aromatic ring is 1. The van der Waals surface area contributed by atoms with Gasteiger partial charge in [-0.05, 0) is 35.6 Å². The number of anilines is 1. The van der Waals surface area contributed by atoms with Crippen molar-refractivity contribution in [3.05, 3.63) is 47.6 Å². The smallest absolute Gasteiger partial charge is 0.292 e. The highest BCUT2D eigenvalue weighted by Crippen LogP contribution is 2.36. The van der Waals surface area contributed by atoms with Crippen molar-refractivity contribution < 1.29 is 14.6 Å². The third kappa shape index (κ3) is 8.85. The summed E-state index contributed by atoms with van der Waals surface area (Å²) in [6.45, 7) is 8.76. The summed E-state index contributed by atoms with van der Waals surface area (Å²) in [7, 11) is 1.31. The maximum atomic E-state index is 9.90. The minimum absolute atomic E-state index is 0.0675. The summed E-state index contributed by atoms with van der Waals surface area (Å²) >= 11 is 0. The molecule has 1 aromatic rings. The lowest BCUT2D eigenvalue weighted by atomic mass is 9.84. The van der Waals surface area contributed by atoms with Crippen molar-refractivity contribution in [2.45, 2.75) is 46.0 Å². The first-order valence-electron chi connectivity index (χ1n) is 8.68. The molecule has 0 radical (unpaired) electrons. The SMILES string of the molecule is CCCc1cc(N)c(O)c(C(C)(C)C)c1.COC=O.N=C1C=CC=CC1=N. The number of methoxy groups -OCH3 is 1. The van der Waals surface area contributed by atoms with E-state index in [1.807, 2.05) is 6.07 Å². The fourth-order valence-electron chi connectivity index (χ4n) is 2.21. The zero-order chi connectivity index (χ0) is 21.0. The average molecular weight is 373 g/mol. The molecule has 0 heterocycles. The van der Waals surface area contributed by atoms with Crippen LogP contribution in [0.5, 0.6) is 5.75 Å². The number of nitrogens with two attached hydrogens (primary N) is 1. The molecule has 0 fully saturated rings. The van der Waals surface area contributed by atoms with Crippen molar-refractivity contribution in [2.75, 3.05) is 12.8 Å². The fourth-order valence-corrected chi connectivity index (χ4v) is 2.21. The maximum absolute atomic E-state index is 9.90. The van der Waals surface area contributed by atoms with Gasteiger partial charge in [-0.1, -0.05) is 52.3 Å². The first kappa shape index (κ1) is 24.1. The molecule has 0 aliphatic heterocycles. The summed E-state index contributed by atoms with van der Waals surface area (Å²) in [5, 5.41) is 24.0. The number of phenols is 1. The van der Waals surface area contributed by atoms with E-state index >= 15 is 0 Å². The molecule has 1 aliphatic carbocycles. The van der Waals surface area contributed by atoms with Gasteiger partial charge in [0.15, 0.2) is 0 Å². The minimum atomic E-state index is -0.0675. The molecule has 0 saturated carbocycles. The quantitative estimate of drug-likeness (QED) is 0.275. The van der Waals surface area contributed by atoms with Crippen LogP contribution in [0.15, 0.2) is 36.4 Å². The Bertz CT molecular complexity index is 692. The Kier molecular flexibility index (Phi) is 10.4. The molecule has 0 atom stereocenters. The molecule has 0 amide bonds. The van der Waals surface area contributed by atoms with Crippen molar-refractivity contribution in [2.24, 2.45) is 0 Å². The molecular weight excluding hydrogens is 342 g/mol. The number of hydrogen-bond acceptors (Lipinski definition) is 6. The molecular formula is C21H31N3O3. The van der Waals surface area contributed by atoms with E-state index in [-0.39, 0.29) is 22.6 Å². The molecule has 0 unspecified atom stereocenters. The number of hydrogen-bond donors (Lipinski definition) is 4. The fraction of sp³-hybridized carbons (Fsp3) is 0.381. The number of aromatic hydroxyl groups is 1. The number of ether oxygens (including phenoxy) is 1. The standard InChI is InChI=1S/C13H21NO.C6H6N2.C2H4O2/c1-5-6-9-7-10(13(2,3)4)12(15)11(14)8-9;7-5-3-1-2-4-6(5)8;1-4-2-3/h7-8,15H,5-6,14H2,1-4H3;1-4,7-8H;2H,1H3. The van der Waals surface area contributed by atoms with E-state index < -0.39 is 0 Å². The van der Waals surface area contributed by atoms with Crippen LogP contribution in [0.1, 0.15) is 45.2 Å². The average Bonchev–Trinajstić information content (AvgIpc) is 2.60. The van der Waals surface area contributed by atoms with E-state index in [0.717, 1.165) is 18.4 Å². The summed E-state index contributed by atoms with van der Waals surface area (Å²) in [5.74, 6) is 0.238. The van der Waals surface area contributed by atoms with Crippen LogP contribution in [0.2, 0.25) is 0 Å². The third-order valence-corrected chi connectivity index (χ3v) is 3.57. The summed E-state index contributed by atoms with van der Waals surface area (Å²) in [5.41, 5.74) is 8.93. The molecule has 6 heteroatoms. The van der Waals surface area contributed by atoms with Gasteiger partial charge < -0.3 is 15.6 Å². The van der Waals surface area contributed by atoms with Gasteiger partial charge in [0.05, 0.1) is 24.2 Å². The van der Waals surface area contributed by atoms with Gasteiger partial charge in [-0.25, -0.2) is 0 Å². The van der Waals surface area contributed by atoms with Crippen LogP contribution in [0.3, 0.4) is 0 Å². The number of benzene rings is 1. The van der Waals surface area contributed by atoms with Gasteiger partial charge >= 0.3 is 0 Å². The minimum Gasteiger partial charge on any atom is -0.505 e. The molecule has 6 nitrogen and oxygen atoms in total. The van der Waals surface area contributed by atoms with Gasteiger partial charge in [-0.3, -0.25) is 15.6 Å². The maximum Gasteiger partial charge on any atom is 0.292 e. The Morgan fingerprint density at radius 1 is 1.15 bits per heavy atom. The van der Waals surface area contributed by atoms with Gasteiger partial charge in [0.1, 0.15) is 5.75 Å². The van der Waals surface area contributed by atoms with Crippen LogP contribution in [0.4, 0.5) is 5.69 Å². The summed E-state index contributed by atoms with van der Waals surface area (Å²) in [6.07, 6.45) is 8.80. The van der Waals surface area contributed by atoms with Crippen LogP contribution in [0, 0.1) is 10.8 Å². The second-order valence-corrected chi connectivity index (χ2v) is 6.96. The lowest BCUT2D eigenvalue weighted by Gasteiger charge is -2.22. The normalized spacial score (nSPS) is 12.5. The largest absolute Gasteiger partial charge is 0.505 e. The molecule has 27 heavy (non-hydrogen) atoms. The number of rotatable bonds is 3. The van der Waals surface area contributed by atoms with Crippen LogP contribution in [0.25, 0.3) is 0 Å². The zero-order valence-corrected chi connectivity index (χ0v) is 16.8. The molecule has 1 aliphatic rings. The number of carbonyl (C=O) groups is 1. The molecule has 5 N–H and O–H groups in total. The second kappa shape index (κ2) is 11.7.